The fourth-order valence-electron chi connectivity index (χ4n) is 4.12. The van der Waals surface area contributed by atoms with E-state index in [1.54, 1.807) is 26.2 Å². The van der Waals surface area contributed by atoms with E-state index < -0.39 is 5.60 Å². The minimum Gasteiger partial charge on any atom is -0.454 e. The van der Waals surface area contributed by atoms with E-state index in [0.29, 0.717) is 24.1 Å². The largest absolute Gasteiger partial charge is 0.454 e. The van der Waals surface area contributed by atoms with Crippen LogP contribution in [0.5, 0.6) is 11.5 Å². The topological polar surface area (TPSA) is 82.3 Å². The maximum absolute atomic E-state index is 10.3. The fraction of sp³-hybridized carbons (Fsp3) is 0.480. The molecule has 0 amide bonds. The smallest absolute Gasteiger partial charge is 0.168 e. The molecular formula is C25H30N4O3. The highest BCUT2D eigenvalue weighted by Gasteiger charge is 2.29. The van der Waals surface area contributed by atoms with Crippen molar-refractivity contribution in [1.82, 2.24) is 19.7 Å². The molecule has 0 atom stereocenters. The second kappa shape index (κ2) is 8.64. The zero-order valence-electron chi connectivity index (χ0n) is 18.7. The first-order valence-electron chi connectivity index (χ1n) is 11.4. The summed E-state index contributed by atoms with van der Waals surface area (Å²) in [5.41, 5.74) is 2.67. The lowest BCUT2D eigenvalue weighted by molar-refractivity contribution is 0.0737. The van der Waals surface area contributed by atoms with Gasteiger partial charge >= 0.3 is 0 Å². The summed E-state index contributed by atoms with van der Waals surface area (Å²) in [6, 6.07) is 8.26. The van der Waals surface area contributed by atoms with Gasteiger partial charge in [-0.25, -0.2) is 0 Å². The molecular weight excluding hydrogens is 404 g/mol. The quantitative estimate of drug-likeness (QED) is 0.589. The number of nitrogens with zero attached hydrogens (tertiary/aromatic N) is 4. The second-order valence-electron chi connectivity index (χ2n) is 9.35. The maximum Gasteiger partial charge on any atom is 0.168 e. The molecule has 1 N–H and O–H groups in total. The van der Waals surface area contributed by atoms with E-state index >= 15 is 0 Å². The standard InChI is InChI=1S/C25H30N4O3/c1-25(2,30)23-14-17(5-9-27-23)13-19-15-21(6-10-26-19)32-22-16-29(20-3-4-20)28-24(22)18-7-11-31-12-8-18/h5-6,9-10,14-16,18,20,30H,3-4,7-8,11-13H2,1-2H3. The number of ether oxygens (including phenoxy) is 2. The van der Waals surface area contributed by atoms with Crippen LogP contribution < -0.4 is 4.74 Å². The van der Waals surface area contributed by atoms with Gasteiger partial charge in [0.05, 0.1) is 17.9 Å². The van der Waals surface area contributed by atoms with Crippen molar-refractivity contribution in [2.24, 2.45) is 0 Å². The minimum absolute atomic E-state index is 0.372. The second-order valence-corrected chi connectivity index (χ2v) is 9.35. The molecule has 3 aromatic heterocycles. The first-order valence-corrected chi connectivity index (χ1v) is 11.4. The summed E-state index contributed by atoms with van der Waals surface area (Å²) in [6.45, 7) is 5.03. The highest BCUT2D eigenvalue weighted by Crippen LogP contribution is 2.40. The third kappa shape index (κ3) is 4.84. The normalized spacial score (nSPS) is 17.5. The number of hydrogen-bond donors (Lipinski definition) is 1. The first-order chi connectivity index (χ1) is 15.5. The molecule has 0 radical (unpaired) electrons. The van der Waals surface area contributed by atoms with E-state index in [1.807, 2.05) is 24.3 Å². The van der Waals surface area contributed by atoms with Crippen LogP contribution in [0.15, 0.2) is 42.9 Å². The molecule has 7 nitrogen and oxygen atoms in total. The Morgan fingerprint density at radius 3 is 2.62 bits per heavy atom. The Morgan fingerprint density at radius 1 is 1.09 bits per heavy atom. The highest BCUT2D eigenvalue weighted by molar-refractivity contribution is 5.36. The van der Waals surface area contributed by atoms with Gasteiger partial charge in [-0.1, -0.05) is 0 Å². The molecule has 5 rings (SSSR count). The summed E-state index contributed by atoms with van der Waals surface area (Å²) >= 11 is 0. The van der Waals surface area contributed by atoms with Crippen molar-refractivity contribution in [3.63, 3.8) is 0 Å². The number of pyridine rings is 2. The number of rotatable bonds is 7. The Kier molecular flexibility index (Phi) is 5.69. The molecule has 7 heteroatoms. The van der Waals surface area contributed by atoms with E-state index in [0.717, 1.165) is 54.5 Å². The number of aliphatic hydroxyl groups is 1. The Bertz CT molecular complexity index is 1080. The third-order valence-electron chi connectivity index (χ3n) is 6.11. The maximum atomic E-state index is 10.3. The van der Waals surface area contributed by atoms with Gasteiger partial charge in [-0.05, 0) is 63.3 Å². The van der Waals surface area contributed by atoms with Crippen LogP contribution >= 0.6 is 0 Å². The van der Waals surface area contributed by atoms with Crippen molar-refractivity contribution < 1.29 is 14.6 Å². The van der Waals surface area contributed by atoms with Crippen LogP contribution in [0.1, 0.15) is 74.1 Å². The molecule has 168 valence electrons. The molecule has 4 heterocycles. The van der Waals surface area contributed by atoms with Gasteiger partial charge in [-0.15, -0.1) is 0 Å². The van der Waals surface area contributed by atoms with Crippen molar-refractivity contribution in [3.05, 3.63) is 65.5 Å². The van der Waals surface area contributed by atoms with Crippen molar-refractivity contribution in [2.45, 2.75) is 63.5 Å². The Morgan fingerprint density at radius 2 is 1.88 bits per heavy atom. The SMILES string of the molecule is CC(C)(O)c1cc(Cc2cc(Oc3cn(C4CC4)nc3C3CCOCC3)ccn2)ccn1. The lowest BCUT2D eigenvalue weighted by Gasteiger charge is -2.21. The lowest BCUT2D eigenvalue weighted by atomic mass is 9.96. The summed E-state index contributed by atoms with van der Waals surface area (Å²) in [6.07, 6.45) is 10.5. The monoisotopic (exact) mass is 434 g/mol. The van der Waals surface area contributed by atoms with Gasteiger partial charge in [-0.2, -0.15) is 5.10 Å². The van der Waals surface area contributed by atoms with E-state index in [2.05, 4.69) is 20.8 Å². The molecule has 3 aromatic rings. The molecule has 0 aromatic carbocycles. The molecule has 0 bridgehead atoms. The van der Waals surface area contributed by atoms with Gasteiger partial charge in [0.15, 0.2) is 5.75 Å². The fourth-order valence-corrected chi connectivity index (χ4v) is 4.12. The summed E-state index contributed by atoms with van der Waals surface area (Å²) in [4.78, 5) is 8.81. The zero-order chi connectivity index (χ0) is 22.1. The zero-order valence-corrected chi connectivity index (χ0v) is 18.7. The average Bonchev–Trinajstić information content (AvgIpc) is 3.55. The molecule has 32 heavy (non-hydrogen) atoms. The predicted molar refractivity (Wildman–Crippen MR) is 120 cm³/mol. The van der Waals surface area contributed by atoms with E-state index in [9.17, 15) is 5.11 Å². The highest BCUT2D eigenvalue weighted by atomic mass is 16.5. The van der Waals surface area contributed by atoms with E-state index in [-0.39, 0.29) is 0 Å². The molecule has 1 aliphatic carbocycles. The lowest BCUT2D eigenvalue weighted by Crippen LogP contribution is -2.17. The van der Waals surface area contributed by atoms with Crippen LogP contribution in [0.3, 0.4) is 0 Å². The van der Waals surface area contributed by atoms with E-state index in [4.69, 9.17) is 14.6 Å². The van der Waals surface area contributed by atoms with Gasteiger partial charge in [0.25, 0.3) is 0 Å². The Labute approximate surface area is 188 Å². The molecule has 1 saturated heterocycles. The van der Waals surface area contributed by atoms with Gasteiger partial charge in [0.1, 0.15) is 17.0 Å². The molecule has 1 aliphatic heterocycles. The summed E-state index contributed by atoms with van der Waals surface area (Å²) in [5, 5.41) is 15.2. The van der Waals surface area contributed by atoms with Gasteiger partial charge in [0.2, 0.25) is 0 Å². The summed E-state index contributed by atoms with van der Waals surface area (Å²) in [7, 11) is 0. The van der Waals surface area contributed by atoms with Crippen LogP contribution in [0.25, 0.3) is 0 Å². The summed E-state index contributed by atoms with van der Waals surface area (Å²) < 4.78 is 14.0. The molecule has 2 aliphatic rings. The van der Waals surface area contributed by atoms with Crippen LogP contribution in [-0.2, 0) is 16.8 Å². The molecule has 0 spiro atoms. The van der Waals surface area contributed by atoms with Crippen LogP contribution in [0, 0.1) is 0 Å². The van der Waals surface area contributed by atoms with E-state index in [1.165, 1.54) is 12.8 Å². The molecule has 1 saturated carbocycles. The first kappa shape index (κ1) is 21.1. The van der Waals surface area contributed by atoms with Crippen LogP contribution in [0.2, 0.25) is 0 Å². The van der Waals surface area contributed by atoms with Crippen molar-refractivity contribution in [2.75, 3.05) is 13.2 Å². The minimum atomic E-state index is -0.976. The van der Waals surface area contributed by atoms with Crippen molar-refractivity contribution in [1.29, 1.82) is 0 Å². The third-order valence-corrected chi connectivity index (χ3v) is 6.11. The van der Waals surface area contributed by atoms with Crippen molar-refractivity contribution in [3.8, 4) is 11.5 Å². The van der Waals surface area contributed by atoms with Gasteiger partial charge in [-0.3, -0.25) is 14.6 Å². The van der Waals surface area contributed by atoms with Crippen molar-refractivity contribution >= 4 is 0 Å². The number of aromatic nitrogens is 4. The predicted octanol–water partition coefficient (Wildman–Crippen LogP) is 4.51. The Balaban J connectivity index is 1.36. The molecule has 2 fully saturated rings. The van der Waals surface area contributed by atoms with Crippen LogP contribution in [0.4, 0.5) is 0 Å². The van der Waals surface area contributed by atoms with Gasteiger partial charge < -0.3 is 14.6 Å². The molecule has 0 unspecified atom stereocenters. The summed E-state index contributed by atoms with van der Waals surface area (Å²) in [5.74, 6) is 1.97. The average molecular weight is 435 g/mol. The van der Waals surface area contributed by atoms with Gasteiger partial charge in [0, 0.05) is 49.7 Å². The number of hydrogen-bond acceptors (Lipinski definition) is 6. The van der Waals surface area contributed by atoms with Crippen LogP contribution in [-0.4, -0.2) is 38.1 Å². The Hall–Kier alpha value is -2.77.